The first kappa shape index (κ1) is 19.3. The van der Waals surface area contributed by atoms with Gasteiger partial charge in [-0.1, -0.05) is 30.3 Å². The van der Waals surface area contributed by atoms with Crippen LogP contribution in [0.2, 0.25) is 0 Å². The molecule has 26 heavy (non-hydrogen) atoms. The second kappa shape index (κ2) is 10.1. The number of benzene rings is 2. The van der Waals surface area contributed by atoms with E-state index in [1.165, 1.54) is 0 Å². The van der Waals surface area contributed by atoms with Crippen molar-refractivity contribution in [1.29, 1.82) is 0 Å². The third-order valence-corrected chi connectivity index (χ3v) is 3.78. The number of amides is 1. The van der Waals surface area contributed by atoms with Crippen LogP contribution in [0.3, 0.4) is 0 Å². The molecule has 0 spiro atoms. The summed E-state index contributed by atoms with van der Waals surface area (Å²) in [5, 5.41) is 2.73. The Morgan fingerprint density at radius 3 is 2.38 bits per heavy atom. The van der Waals surface area contributed by atoms with Crippen LogP contribution < -0.4 is 14.8 Å². The van der Waals surface area contributed by atoms with Crippen molar-refractivity contribution in [2.45, 2.75) is 12.8 Å². The Morgan fingerprint density at radius 1 is 0.962 bits per heavy atom. The molecular weight excluding hydrogens is 334 g/mol. The van der Waals surface area contributed by atoms with E-state index in [0.29, 0.717) is 13.0 Å². The number of methoxy groups -OCH3 is 2. The fraction of sp³-hybridized carbons (Fsp3) is 0.300. The Hall–Kier alpha value is -3.02. The minimum atomic E-state index is -0.449. The summed E-state index contributed by atoms with van der Waals surface area (Å²) in [7, 11) is 3.19. The molecule has 138 valence electrons. The van der Waals surface area contributed by atoms with Gasteiger partial charge in [0, 0.05) is 6.54 Å². The molecule has 0 aliphatic carbocycles. The van der Waals surface area contributed by atoms with Crippen LogP contribution >= 0.6 is 0 Å². The van der Waals surface area contributed by atoms with Crippen molar-refractivity contribution in [3.05, 3.63) is 59.7 Å². The summed E-state index contributed by atoms with van der Waals surface area (Å²) in [4.78, 5) is 23.6. The van der Waals surface area contributed by atoms with E-state index < -0.39 is 5.97 Å². The zero-order valence-corrected chi connectivity index (χ0v) is 15.0. The number of carbonyl (C=O) groups excluding carboxylic acids is 2. The van der Waals surface area contributed by atoms with Gasteiger partial charge >= 0.3 is 5.97 Å². The first-order valence-electron chi connectivity index (χ1n) is 8.29. The molecule has 2 aromatic rings. The number of ether oxygens (including phenoxy) is 3. The van der Waals surface area contributed by atoms with Crippen LogP contribution in [0.15, 0.2) is 48.5 Å². The van der Waals surface area contributed by atoms with E-state index in [9.17, 15) is 9.59 Å². The van der Waals surface area contributed by atoms with Gasteiger partial charge in [0.05, 0.1) is 20.6 Å². The molecule has 1 amide bonds. The highest BCUT2D eigenvalue weighted by Gasteiger charge is 2.09. The second-order valence-corrected chi connectivity index (χ2v) is 5.60. The highest BCUT2D eigenvalue weighted by molar-refractivity contribution is 5.81. The van der Waals surface area contributed by atoms with Gasteiger partial charge in [0.2, 0.25) is 0 Å². The van der Waals surface area contributed by atoms with Crippen molar-refractivity contribution in [1.82, 2.24) is 5.32 Å². The van der Waals surface area contributed by atoms with Gasteiger partial charge in [-0.05, 0) is 35.7 Å². The summed E-state index contributed by atoms with van der Waals surface area (Å²) in [6.07, 6.45) is 0.744. The molecule has 0 atom stereocenters. The van der Waals surface area contributed by atoms with Gasteiger partial charge in [-0.15, -0.1) is 0 Å². The lowest BCUT2D eigenvalue weighted by atomic mass is 10.1. The Kier molecular flexibility index (Phi) is 7.49. The number of hydrogen-bond acceptors (Lipinski definition) is 5. The van der Waals surface area contributed by atoms with Gasteiger partial charge in [0.15, 0.2) is 6.61 Å². The van der Waals surface area contributed by atoms with Gasteiger partial charge in [0.25, 0.3) is 5.91 Å². The van der Waals surface area contributed by atoms with Crippen molar-refractivity contribution in [3.63, 3.8) is 0 Å². The smallest absolute Gasteiger partial charge is 0.310 e. The third-order valence-electron chi connectivity index (χ3n) is 3.78. The highest BCUT2D eigenvalue weighted by Crippen LogP contribution is 2.17. The first-order valence-corrected chi connectivity index (χ1v) is 8.29. The maximum atomic E-state index is 11.8. The van der Waals surface area contributed by atoms with E-state index in [2.05, 4.69) is 5.32 Å². The fourth-order valence-electron chi connectivity index (χ4n) is 2.40. The van der Waals surface area contributed by atoms with E-state index in [1.54, 1.807) is 38.5 Å². The monoisotopic (exact) mass is 357 g/mol. The molecule has 0 aromatic heterocycles. The van der Waals surface area contributed by atoms with Gasteiger partial charge in [-0.2, -0.15) is 0 Å². The van der Waals surface area contributed by atoms with Crippen LogP contribution in [-0.2, 0) is 27.2 Å². The maximum absolute atomic E-state index is 11.8. The molecule has 0 radical (unpaired) electrons. The van der Waals surface area contributed by atoms with Gasteiger partial charge in [-0.25, -0.2) is 0 Å². The van der Waals surface area contributed by atoms with Crippen molar-refractivity contribution < 1.29 is 23.8 Å². The molecule has 2 aromatic carbocycles. The zero-order valence-electron chi connectivity index (χ0n) is 15.0. The average Bonchev–Trinajstić information content (AvgIpc) is 2.67. The molecule has 0 aliphatic heterocycles. The Labute approximate surface area is 153 Å². The molecule has 0 saturated heterocycles. The summed E-state index contributed by atoms with van der Waals surface area (Å²) in [5.74, 6) is 0.724. The fourth-order valence-corrected chi connectivity index (χ4v) is 2.40. The Bertz CT molecular complexity index is 727. The van der Waals surface area contributed by atoms with E-state index in [-0.39, 0.29) is 18.9 Å². The van der Waals surface area contributed by atoms with Crippen LogP contribution in [0.25, 0.3) is 0 Å². The van der Waals surface area contributed by atoms with E-state index in [4.69, 9.17) is 14.2 Å². The second-order valence-electron chi connectivity index (χ2n) is 5.60. The molecule has 0 heterocycles. The number of para-hydroxylation sites is 1. The third kappa shape index (κ3) is 6.12. The summed E-state index contributed by atoms with van der Waals surface area (Å²) >= 11 is 0. The molecule has 1 N–H and O–H groups in total. The van der Waals surface area contributed by atoms with Crippen LogP contribution in [0.4, 0.5) is 0 Å². The lowest BCUT2D eigenvalue weighted by Gasteiger charge is -2.09. The van der Waals surface area contributed by atoms with Crippen LogP contribution in [0, 0.1) is 0 Å². The summed E-state index contributed by atoms with van der Waals surface area (Å²) in [6, 6.07) is 14.7. The highest BCUT2D eigenvalue weighted by atomic mass is 16.5. The molecule has 6 nitrogen and oxygen atoms in total. The summed E-state index contributed by atoms with van der Waals surface area (Å²) in [6.45, 7) is 0.149. The van der Waals surface area contributed by atoms with Crippen molar-refractivity contribution in [2.75, 3.05) is 27.4 Å². The van der Waals surface area contributed by atoms with Crippen molar-refractivity contribution in [3.8, 4) is 11.5 Å². The number of nitrogens with one attached hydrogen (secondary N) is 1. The van der Waals surface area contributed by atoms with E-state index >= 15 is 0 Å². The van der Waals surface area contributed by atoms with Gasteiger partial charge in [-0.3, -0.25) is 9.59 Å². The van der Waals surface area contributed by atoms with Crippen molar-refractivity contribution >= 4 is 11.9 Å². The number of hydrogen-bond donors (Lipinski definition) is 1. The van der Waals surface area contributed by atoms with Crippen LogP contribution in [-0.4, -0.2) is 39.2 Å². The summed E-state index contributed by atoms with van der Waals surface area (Å²) in [5.41, 5.74) is 1.80. The number of rotatable bonds is 9. The van der Waals surface area contributed by atoms with E-state index in [0.717, 1.165) is 22.6 Å². The average molecular weight is 357 g/mol. The lowest BCUT2D eigenvalue weighted by Crippen LogP contribution is -2.30. The Morgan fingerprint density at radius 2 is 1.69 bits per heavy atom. The molecular formula is C20H23NO5. The predicted octanol–water partition coefficient (Wildman–Crippen LogP) is 2.15. The van der Waals surface area contributed by atoms with Crippen LogP contribution in [0.5, 0.6) is 11.5 Å². The molecule has 0 saturated carbocycles. The van der Waals surface area contributed by atoms with E-state index in [1.807, 2.05) is 24.3 Å². The van der Waals surface area contributed by atoms with Gasteiger partial charge in [0.1, 0.15) is 11.5 Å². The normalized spacial score (nSPS) is 10.1. The largest absolute Gasteiger partial charge is 0.497 e. The van der Waals surface area contributed by atoms with Gasteiger partial charge < -0.3 is 19.5 Å². The molecule has 2 rings (SSSR count). The molecule has 6 heteroatoms. The van der Waals surface area contributed by atoms with Crippen molar-refractivity contribution in [2.24, 2.45) is 0 Å². The zero-order chi connectivity index (χ0) is 18.8. The number of esters is 1. The topological polar surface area (TPSA) is 73.9 Å². The number of carbonyl (C=O) groups is 2. The Balaban J connectivity index is 1.68. The molecule has 0 unspecified atom stereocenters. The first-order chi connectivity index (χ1) is 12.6. The standard InChI is InChI=1S/C20H23NO5/c1-24-17-9-7-15(8-10-17)13-20(23)26-14-19(22)21-12-11-16-5-3-4-6-18(16)25-2/h3-10H,11-14H2,1-2H3,(H,21,22). The quantitative estimate of drug-likeness (QED) is 0.696. The molecule has 0 aliphatic rings. The molecule has 0 bridgehead atoms. The predicted molar refractivity (Wildman–Crippen MR) is 97.4 cm³/mol. The minimum absolute atomic E-state index is 0.110. The summed E-state index contributed by atoms with van der Waals surface area (Å²) < 4.78 is 15.3. The molecule has 0 fully saturated rings. The van der Waals surface area contributed by atoms with Crippen LogP contribution in [0.1, 0.15) is 11.1 Å². The maximum Gasteiger partial charge on any atom is 0.310 e. The lowest BCUT2D eigenvalue weighted by molar-refractivity contribution is -0.147. The minimum Gasteiger partial charge on any atom is -0.497 e. The SMILES string of the molecule is COc1ccc(CC(=O)OCC(=O)NCCc2ccccc2OC)cc1.